The molecular weight excluding hydrogens is 772 g/mol. The average molecular weight is 821 g/mol. The average Bonchev–Trinajstić information content (AvgIpc) is 3.36. The molecule has 1 aliphatic rings. The lowest BCUT2D eigenvalue weighted by Crippen LogP contribution is -2.36. The van der Waals surface area contributed by atoms with E-state index in [1.165, 1.54) is 21.6 Å². The van der Waals surface area contributed by atoms with Gasteiger partial charge in [0.15, 0.2) is 0 Å². The third kappa shape index (κ3) is 25.8. The molecule has 0 saturated carbocycles. The van der Waals surface area contributed by atoms with Crippen LogP contribution in [0.3, 0.4) is 0 Å². The van der Waals surface area contributed by atoms with Gasteiger partial charge in [0, 0.05) is 36.7 Å². The molecule has 5 atom stereocenters. The van der Waals surface area contributed by atoms with Crippen molar-refractivity contribution >= 4 is 64.7 Å². The van der Waals surface area contributed by atoms with E-state index in [0.717, 1.165) is 0 Å². The third-order valence-corrected chi connectivity index (χ3v) is 12.6. The monoisotopic (exact) mass is 820 g/mol. The number of carbonyl (C=O) groups excluding carboxylic acids is 2. The number of nitrogens with one attached hydrogen (secondary N) is 2. The van der Waals surface area contributed by atoms with Gasteiger partial charge in [-0.25, -0.2) is 13.7 Å². The van der Waals surface area contributed by atoms with E-state index in [4.69, 9.17) is 46.1 Å². The maximum Gasteiger partial charge on any atom is 0.490 e. The summed E-state index contributed by atoms with van der Waals surface area (Å²) in [6, 6.07) is -0.800. The molecule has 0 bridgehead atoms. The van der Waals surface area contributed by atoms with E-state index in [0.29, 0.717) is 65.8 Å². The summed E-state index contributed by atoms with van der Waals surface area (Å²) in [6.07, 6.45) is -0.872. The van der Waals surface area contributed by atoms with Crippen molar-refractivity contribution in [2.75, 3.05) is 78.5 Å². The highest BCUT2D eigenvalue weighted by Gasteiger charge is 2.42. The van der Waals surface area contributed by atoms with Crippen LogP contribution in [0.25, 0.3) is 0 Å². The van der Waals surface area contributed by atoms with Crippen molar-refractivity contribution in [3.8, 4) is 0 Å². The number of amides is 2. The molecule has 20 nitrogen and oxygen atoms in total. The fourth-order valence-electron chi connectivity index (χ4n) is 3.58. The Bertz CT molecular complexity index is 1140. The summed E-state index contributed by atoms with van der Waals surface area (Å²) in [5, 5.41) is 5.57. The Morgan fingerprint density at radius 2 is 1.44 bits per heavy atom. The van der Waals surface area contributed by atoms with Gasteiger partial charge in [0.2, 0.25) is 11.8 Å². The fourth-order valence-corrected chi connectivity index (χ4v) is 8.79. The van der Waals surface area contributed by atoms with E-state index < -0.39 is 53.0 Å². The molecular formula is C24H48BN2O18P3S2. The predicted molar refractivity (Wildman–Crippen MR) is 182 cm³/mol. The Morgan fingerprint density at radius 3 is 2.02 bits per heavy atom. The van der Waals surface area contributed by atoms with E-state index >= 15 is 0 Å². The van der Waals surface area contributed by atoms with Crippen LogP contribution in [0.15, 0.2) is 0 Å². The lowest BCUT2D eigenvalue weighted by Gasteiger charge is -2.24. The van der Waals surface area contributed by atoms with Gasteiger partial charge in [-0.15, -0.1) is 0 Å². The van der Waals surface area contributed by atoms with Crippen LogP contribution in [-0.2, 0) is 64.9 Å². The van der Waals surface area contributed by atoms with Gasteiger partial charge in [-0.3, -0.25) is 14.1 Å². The summed E-state index contributed by atoms with van der Waals surface area (Å²) in [5.74, 6) is -0.0639. The van der Waals surface area contributed by atoms with Gasteiger partial charge < -0.3 is 58.6 Å². The number of hydrogen-bond acceptors (Lipinski definition) is 16. The molecule has 2 amide bonds. The van der Waals surface area contributed by atoms with Crippen LogP contribution >= 0.6 is 45.1 Å². The van der Waals surface area contributed by atoms with Crippen molar-refractivity contribution in [2.45, 2.75) is 63.0 Å². The summed E-state index contributed by atoms with van der Waals surface area (Å²) in [4.78, 5) is 59.5. The van der Waals surface area contributed by atoms with Crippen LogP contribution in [0.4, 0.5) is 0 Å². The number of ether oxygens (including phenoxy) is 6. The maximum absolute atomic E-state index is 12.2. The minimum Gasteiger partial charge on any atom is -0.380 e. The van der Waals surface area contributed by atoms with Gasteiger partial charge in [-0.1, -0.05) is 28.5 Å². The molecule has 3 unspecified atom stereocenters. The summed E-state index contributed by atoms with van der Waals surface area (Å²) in [5.41, 5.74) is 0. The second-order valence-electron chi connectivity index (χ2n) is 10.8. The Kier molecular flexibility index (Phi) is 24.0. The summed E-state index contributed by atoms with van der Waals surface area (Å²) < 4.78 is 78.6. The van der Waals surface area contributed by atoms with Gasteiger partial charge in [0.25, 0.3) is 0 Å². The molecule has 0 spiro atoms. The molecule has 1 aliphatic heterocycles. The first-order valence-electron chi connectivity index (χ1n) is 15.3. The number of carbonyl (C=O) groups is 2. The Balaban J connectivity index is 2.13. The zero-order valence-corrected chi connectivity index (χ0v) is 32.4. The largest absolute Gasteiger partial charge is 0.490 e. The molecule has 0 aromatic rings. The first kappa shape index (κ1) is 47.9. The lowest BCUT2D eigenvalue weighted by molar-refractivity contribution is -0.122. The Hall–Kier alpha value is -0.125. The number of rotatable bonds is 30. The highest BCUT2D eigenvalue weighted by Crippen LogP contribution is 2.66. The molecule has 0 aromatic carbocycles. The molecule has 1 rings (SSSR count). The normalized spacial score (nSPS) is 20.7. The first-order valence-corrected chi connectivity index (χ1v) is 22.1. The van der Waals surface area contributed by atoms with Gasteiger partial charge in [-0.2, -0.15) is 8.62 Å². The molecule has 0 aliphatic carbocycles. The van der Waals surface area contributed by atoms with Crippen LogP contribution in [-0.4, -0.2) is 141 Å². The van der Waals surface area contributed by atoms with E-state index in [9.17, 15) is 33.1 Å². The topological polar surface area (TPSA) is 273 Å². The van der Waals surface area contributed by atoms with Gasteiger partial charge >= 0.3 is 23.5 Å². The van der Waals surface area contributed by atoms with Crippen molar-refractivity contribution in [3.05, 3.63) is 0 Å². The Morgan fingerprint density at radius 1 is 0.860 bits per heavy atom. The lowest BCUT2D eigenvalue weighted by atomic mass is 9.96. The highest BCUT2D eigenvalue weighted by molar-refractivity contribution is 8.77. The third-order valence-electron chi connectivity index (χ3n) is 5.85. The quantitative estimate of drug-likeness (QED) is 0.0195. The molecule has 26 heteroatoms. The molecule has 2 radical (unpaired) electrons. The van der Waals surface area contributed by atoms with Crippen molar-refractivity contribution in [1.82, 2.24) is 10.6 Å². The predicted octanol–water partition coefficient (Wildman–Crippen LogP) is 1.21. The minimum atomic E-state index is -5.65. The van der Waals surface area contributed by atoms with Crippen molar-refractivity contribution in [2.24, 2.45) is 0 Å². The number of hydrogen-bond donors (Lipinski definition) is 6. The molecule has 0 aromatic heterocycles. The van der Waals surface area contributed by atoms with Gasteiger partial charge in [-0.05, 0) is 20.3 Å². The maximum atomic E-state index is 12.2. The summed E-state index contributed by atoms with van der Waals surface area (Å²) >= 11 is 0. The van der Waals surface area contributed by atoms with E-state index in [-0.39, 0.29) is 37.2 Å². The zero-order valence-electron chi connectivity index (χ0n) is 28.1. The van der Waals surface area contributed by atoms with Crippen LogP contribution in [0, 0.1) is 0 Å². The first-order chi connectivity index (χ1) is 23.3. The molecule has 6 N–H and O–H groups in total. The molecule has 1 fully saturated rings. The van der Waals surface area contributed by atoms with Crippen molar-refractivity contribution < 1.29 is 84.4 Å². The number of phosphoric acid groups is 3. The molecule has 50 heavy (non-hydrogen) atoms. The van der Waals surface area contributed by atoms with Crippen LogP contribution in [0.1, 0.15) is 40.0 Å². The van der Waals surface area contributed by atoms with Crippen molar-refractivity contribution in [1.29, 1.82) is 0 Å². The number of phosphoric ester groups is 1. The van der Waals surface area contributed by atoms with Crippen molar-refractivity contribution in [3.63, 3.8) is 0 Å². The van der Waals surface area contributed by atoms with Gasteiger partial charge in [0.1, 0.15) is 19.9 Å². The summed E-state index contributed by atoms with van der Waals surface area (Å²) in [6.45, 7) is 8.75. The second-order valence-corrected chi connectivity index (χ2v) is 18.2. The Labute approximate surface area is 300 Å². The van der Waals surface area contributed by atoms with Crippen LogP contribution in [0.5, 0.6) is 0 Å². The van der Waals surface area contributed by atoms with Gasteiger partial charge in [0.05, 0.1) is 65.6 Å². The standard InChI is InChI=1S/C24H48BN2O18P3S2/c1-4-22(28)26-6-8-38-10-12-40-14-13-39-11-9-37-7-5-23(29)27-17-24(2,3)50-49-18-41-19-15-21(25)43-20(19)16-42-47(33,34)45-48(35,36)44-46(30,31)32/h19-21H,4-18H2,1-3H3,(H,26,28)(H,27,29)(H,33,34)(H,35,36)(H2,30,31,32)/t19-,20?,21-/m1/s1. The smallest absolute Gasteiger partial charge is 0.380 e. The minimum absolute atomic E-state index is 0.0145. The fraction of sp³-hybridized carbons (Fsp3) is 0.917. The van der Waals surface area contributed by atoms with E-state index in [2.05, 4.69) is 23.8 Å². The molecule has 1 saturated heterocycles. The molecule has 1 heterocycles. The van der Waals surface area contributed by atoms with E-state index in [1.54, 1.807) is 6.92 Å². The van der Waals surface area contributed by atoms with E-state index in [1.807, 2.05) is 13.8 Å². The van der Waals surface area contributed by atoms with Crippen LogP contribution in [0.2, 0.25) is 0 Å². The zero-order chi connectivity index (χ0) is 37.7. The second kappa shape index (κ2) is 25.0. The molecule has 292 valence electrons. The van der Waals surface area contributed by atoms with Crippen LogP contribution < -0.4 is 10.6 Å². The SMILES string of the molecule is [B][C@H]1C[C@@H](OCSSC(C)(C)CNC(=O)CCOCCOCCOCCOCCNC(=O)CC)C(COP(=O)(O)OP(=O)(O)OP(=O)(O)O)O1. The summed E-state index contributed by atoms with van der Waals surface area (Å²) in [7, 11) is -7.94. The highest BCUT2D eigenvalue weighted by atomic mass is 33.1.